The Morgan fingerprint density at radius 3 is 2.81 bits per heavy atom. The highest BCUT2D eigenvalue weighted by molar-refractivity contribution is 7.90. The van der Waals surface area contributed by atoms with Crippen molar-refractivity contribution in [3.63, 3.8) is 0 Å². The zero-order valence-electron chi connectivity index (χ0n) is 17.3. The van der Waals surface area contributed by atoms with Crippen molar-refractivity contribution in [1.29, 1.82) is 10.0 Å². The molecule has 0 bridgehead atoms. The third kappa shape index (κ3) is 4.34. The molecule has 2 atom stereocenters. The predicted molar refractivity (Wildman–Crippen MR) is 113 cm³/mol. The van der Waals surface area contributed by atoms with E-state index < -0.39 is 21.8 Å². The van der Waals surface area contributed by atoms with Gasteiger partial charge in [-0.3, -0.25) is 4.79 Å². The van der Waals surface area contributed by atoms with Crippen molar-refractivity contribution in [2.45, 2.75) is 55.9 Å². The molecule has 0 radical (unpaired) electrons. The molecule has 1 aliphatic heterocycles. The number of carbonyl (C=O) groups is 1. The molecular formula is C21H25FN6O2S. The number of rotatable bonds is 3. The van der Waals surface area contributed by atoms with Crippen molar-refractivity contribution in [1.82, 2.24) is 14.3 Å². The van der Waals surface area contributed by atoms with Gasteiger partial charge in [0.25, 0.3) is 5.91 Å². The Bertz CT molecular complexity index is 1160. The lowest BCUT2D eigenvalue weighted by Gasteiger charge is -2.30. The van der Waals surface area contributed by atoms with E-state index in [0.717, 1.165) is 31.7 Å². The van der Waals surface area contributed by atoms with Crippen molar-refractivity contribution < 1.29 is 13.4 Å². The Kier molecular flexibility index (Phi) is 5.81. The van der Waals surface area contributed by atoms with Gasteiger partial charge in [-0.1, -0.05) is 19.3 Å². The summed E-state index contributed by atoms with van der Waals surface area (Å²) in [5.41, 5.74) is 0.842. The number of amides is 1. The monoisotopic (exact) mass is 444 g/mol. The molecule has 0 aromatic carbocycles. The lowest BCUT2D eigenvalue weighted by Crippen LogP contribution is -2.39. The zero-order chi connectivity index (χ0) is 22.2. The summed E-state index contributed by atoms with van der Waals surface area (Å²) in [4.78, 5) is 16.8. The van der Waals surface area contributed by atoms with E-state index in [-0.39, 0.29) is 23.1 Å². The first-order valence-electron chi connectivity index (χ1n) is 10.4. The van der Waals surface area contributed by atoms with Crippen LogP contribution in [0.15, 0.2) is 23.2 Å². The number of carbonyl (C=O) groups excluding carboxylic acids is 1. The Morgan fingerprint density at radius 1 is 1.35 bits per heavy atom. The Balaban J connectivity index is 1.64. The first kappa shape index (κ1) is 21.5. The van der Waals surface area contributed by atoms with Gasteiger partial charge in [-0.05, 0) is 37.7 Å². The summed E-state index contributed by atoms with van der Waals surface area (Å²) in [5.74, 6) is -0.988. The number of fused-ring (bicyclic) bond motifs is 1. The molecule has 2 aromatic rings. The molecule has 1 amide bonds. The summed E-state index contributed by atoms with van der Waals surface area (Å²) < 4.78 is 40.1. The quantitative estimate of drug-likeness (QED) is 0.627. The highest BCUT2D eigenvalue weighted by Crippen LogP contribution is 2.34. The van der Waals surface area contributed by atoms with Gasteiger partial charge in [-0.2, -0.15) is 9.65 Å². The minimum atomic E-state index is -3.27. The van der Waals surface area contributed by atoms with Crippen LogP contribution < -0.4 is 10.0 Å². The number of anilines is 1. The fourth-order valence-electron chi connectivity index (χ4n) is 4.75. The molecule has 0 spiro atoms. The van der Waals surface area contributed by atoms with Gasteiger partial charge in [0.1, 0.15) is 27.4 Å². The van der Waals surface area contributed by atoms with Crippen LogP contribution in [0.3, 0.4) is 0 Å². The van der Waals surface area contributed by atoms with E-state index in [1.54, 1.807) is 23.9 Å². The first-order valence-corrected chi connectivity index (χ1v) is 12.0. The Morgan fingerprint density at radius 2 is 2.10 bits per heavy atom. The van der Waals surface area contributed by atoms with Gasteiger partial charge in [0, 0.05) is 36.6 Å². The van der Waals surface area contributed by atoms with E-state index in [1.807, 2.05) is 0 Å². The summed E-state index contributed by atoms with van der Waals surface area (Å²) in [5, 5.41) is 11.6. The number of nitrogens with zero attached hydrogens (tertiary/aromatic N) is 3. The van der Waals surface area contributed by atoms with Crippen LogP contribution in [0.2, 0.25) is 0 Å². The van der Waals surface area contributed by atoms with E-state index in [2.05, 4.69) is 15.0 Å². The van der Waals surface area contributed by atoms with Crippen molar-refractivity contribution in [3.05, 3.63) is 41.2 Å². The SMILES string of the molecule is Cn1cc2c(c1C(=O)Nc1cc(F)nc(C#N)c1)CC[C@@H](C1CCCCC1)NS2(=N)=O. The van der Waals surface area contributed by atoms with Gasteiger partial charge in [-0.25, -0.2) is 18.7 Å². The number of aromatic nitrogens is 2. The zero-order valence-corrected chi connectivity index (χ0v) is 18.1. The Hall–Kier alpha value is -2.77. The maximum atomic E-state index is 13.6. The summed E-state index contributed by atoms with van der Waals surface area (Å²) >= 11 is 0. The van der Waals surface area contributed by atoms with E-state index in [0.29, 0.717) is 29.2 Å². The fourth-order valence-corrected chi connectivity index (χ4v) is 6.47. The van der Waals surface area contributed by atoms with E-state index in [4.69, 9.17) is 10.0 Å². The number of hydrogen-bond donors (Lipinski definition) is 3. The number of pyridine rings is 1. The second-order valence-corrected chi connectivity index (χ2v) is 10.1. The highest BCUT2D eigenvalue weighted by Gasteiger charge is 2.34. The van der Waals surface area contributed by atoms with Crippen molar-refractivity contribution in [2.75, 3.05) is 5.32 Å². The van der Waals surface area contributed by atoms with Crippen LogP contribution in [0.1, 0.15) is 60.3 Å². The third-order valence-corrected chi connectivity index (χ3v) is 7.79. The van der Waals surface area contributed by atoms with Crippen molar-refractivity contribution in [3.8, 4) is 6.07 Å². The minimum Gasteiger partial charge on any atom is -0.345 e. The third-order valence-electron chi connectivity index (χ3n) is 6.18. The second-order valence-electron chi connectivity index (χ2n) is 8.28. The van der Waals surface area contributed by atoms with Gasteiger partial charge in [0.05, 0.1) is 4.90 Å². The number of aryl methyl sites for hydroxylation is 1. The summed E-state index contributed by atoms with van der Waals surface area (Å²) in [6, 6.07) is 4.06. The molecule has 1 saturated carbocycles. The molecule has 4 rings (SSSR count). The van der Waals surface area contributed by atoms with Crippen molar-refractivity contribution >= 4 is 21.5 Å². The van der Waals surface area contributed by atoms with Crippen LogP contribution in [0.4, 0.5) is 10.1 Å². The van der Waals surface area contributed by atoms with Crippen LogP contribution in [-0.2, 0) is 23.4 Å². The first-order chi connectivity index (χ1) is 14.8. The van der Waals surface area contributed by atoms with Gasteiger partial charge in [0.2, 0.25) is 5.95 Å². The molecule has 3 N–H and O–H groups in total. The molecule has 31 heavy (non-hydrogen) atoms. The summed E-state index contributed by atoms with van der Waals surface area (Å²) in [6.45, 7) is 0. The largest absolute Gasteiger partial charge is 0.345 e. The van der Waals surface area contributed by atoms with Gasteiger partial charge in [0.15, 0.2) is 0 Å². The highest BCUT2D eigenvalue weighted by atomic mass is 32.2. The molecule has 1 fully saturated rings. The standard InChI is InChI=1S/C21H25FN6O2S/c1-28-12-18-16(7-8-17(27-31(18,24)30)13-5-3-2-4-6-13)20(28)21(29)26-14-9-15(11-23)25-19(22)10-14/h9-10,12-13,17H,2-8H2,1H3,(H2,24,27,30)(H,25,26,29)/t17-,31?/m0/s1. The van der Waals surface area contributed by atoms with Crippen LogP contribution in [-0.4, -0.2) is 25.7 Å². The lowest BCUT2D eigenvalue weighted by atomic mass is 9.82. The fraction of sp³-hybridized carbons (Fsp3) is 0.476. The topological polar surface area (TPSA) is 124 Å². The molecule has 2 aliphatic rings. The molecule has 1 aliphatic carbocycles. The molecular weight excluding hydrogens is 419 g/mol. The number of nitrogens with one attached hydrogen (secondary N) is 3. The van der Waals surface area contributed by atoms with E-state index in [9.17, 15) is 13.4 Å². The van der Waals surface area contributed by atoms with Gasteiger partial charge < -0.3 is 9.88 Å². The maximum absolute atomic E-state index is 13.6. The summed E-state index contributed by atoms with van der Waals surface area (Å²) in [6.07, 6.45) is 8.43. The molecule has 10 heteroatoms. The van der Waals surface area contributed by atoms with E-state index in [1.165, 1.54) is 12.5 Å². The number of hydrogen-bond acceptors (Lipinski definition) is 5. The normalized spacial score (nSPS) is 24.1. The smallest absolute Gasteiger partial charge is 0.272 e. The van der Waals surface area contributed by atoms with Crippen LogP contribution in [0, 0.1) is 28.0 Å². The second kappa shape index (κ2) is 8.40. The van der Waals surface area contributed by atoms with Gasteiger partial charge in [-0.15, -0.1) is 0 Å². The van der Waals surface area contributed by atoms with Gasteiger partial charge >= 0.3 is 0 Å². The summed E-state index contributed by atoms with van der Waals surface area (Å²) in [7, 11) is -1.61. The number of halogens is 1. The maximum Gasteiger partial charge on any atom is 0.272 e. The van der Waals surface area contributed by atoms with Crippen LogP contribution in [0.25, 0.3) is 0 Å². The minimum absolute atomic E-state index is 0.0219. The average molecular weight is 445 g/mol. The lowest BCUT2D eigenvalue weighted by molar-refractivity contribution is 0.101. The molecule has 164 valence electrons. The predicted octanol–water partition coefficient (Wildman–Crippen LogP) is 3.49. The van der Waals surface area contributed by atoms with Crippen molar-refractivity contribution in [2.24, 2.45) is 13.0 Å². The molecule has 0 saturated heterocycles. The van der Waals surface area contributed by atoms with E-state index >= 15 is 0 Å². The number of nitriles is 1. The molecule has 2 aromatic heterocycles. The van der Waals surface area contributed by atoms with Crippen LogP contribution in [0.5, 0.6) is 0 Å². The molecule has 1 unspecified atom stereocenters. The van der Waals surface area contributed by atoms with Crippen LogP contribution >= 0.6 is 0 Å². The molecule has 8 nitrogen and oxygen atoms in total. The Labute approximate surface area is 181 Å². The average Bonchev–Trinajstić information content (AvgIpc) is 3.02. The molecule has 3 heterocycles.